The van der Waals surface area contributed by atoms with Gasteiger partial charge in [0.15, 0.2) is 0 Å². The van der Waals surface area contributed by atoms with Crippen LogP contribution in [0.1, 0.15) is 11.1 Å². The second-order valence-electron chi connectivity index (χ2n) is 6.09. The Balaban J connectivity index is 1.94. The molecule has 4 rings (SSSR count). The summed E-state index contributed by atoms with van der Waals surface area (Å²) >= 11 is 6.42. The Kier molecular flexibility index (Phi) is 4.04. The van der Waals surface area contributed by atoms with E-state index in [1.54, 1.807) is 6.33 Å². The van der Waals surface area contributed by atoms with Gasteiger partial charge >= 0.3 is 0 Å². The van der Waals surface area contributed by atoms with Crippen LogP contribution in [0.25, 0.3) is 27.8 Å². The first-order valence-electron chi connectivity index (χ1n) is 8.10. The van der Waals surface area contributed by atoms with Crippen molar-refractivity contribution in [3.8, 4) is 16.8 Å². The molecule has 0 atom stereocenters. The molecule has 3 nitrogen and oxygen atoms in total. The molecular formula is C21H17ClN2O. The Morgan fingerprint density at radius 2 is 1.84 bits per heavy atom. The fourth-order valence-corrected chi connectivity index (χ4v) is 3.49. The first kappa shape index (κ1) is 15.9. The molecule has 0 unspecified atom stereocenters. The van der Waals surface area contributed by atoms with Crippen LogP contribution in [0.5, 0.6) is 0 Å². The van der Waals surface area contributed by atoms with Gasteiger partial charge in [0.2, 0.25) is 0 Å². The molecule has 0 fully saturated rings. The summed E-state index contributed by atoms with van der Waals surface area (Å²) in [4.78, 5) is 4.55. The van der Waals surface area contributed by atoms with E-state index in [-0.39, 0.29) is 6.61 Å². The van der Waals surface area contributed by atoms with E-state index in [4.69, 9.17) is 11.6 Å². The molecule has 25 heavy (non-hydrogen) atoms. The zero-order valence-corrected chi connectivity index (χ0v) is 14.5. The molecule has 4 heteroatoms. The second-order valence-corrected chi connectivity index (χ2v) is 6.50. The van der Waals surface area contributed by atoms with Gasteiger partial charge in [-0.3, -0.25) is 4.57 Å². The van der Waals surface area contributed by atoms with Crippen LogP contribution in [0, 0.1) is 6.92 Å². The lowest BCUT2D eigenvalue weighted by atomic mass is 10.0. The quantitative estimate of drug-likeness (QED) is 0.556. The molecule has 1 N–H and O–H groups in total. The number of aliphatic hydroxyl groups is 1. The smallest absolute Gasteiger partial charge is 0.100 e. The minimum absolute atomic E-state index is 0.0631. The number of hydrogen-bond acceptors (Lipinski definition) is 2. The molecule has 3 aromatic carbocycles. The molecule has 0 bridgehead atoms. The van der Waals surface area contributed by atoms with Crippen molar-refractivity contribution in [1.82, 2.24) is 9.55 Å². The van der Waals surface area contributed by atoms with Gasteiger partial charge in [-0.05, 0) is 48.4 Å². The standard InChI is InChI=1S/C21H17ClN2O/c1-14-7-8-18(19(22)9-14)15-10-16(12-25)21-20(11-15)23-13-24(21)17-5-3-2-4-6-17/h2-11,13,25H,12H2,1H3. The van der Waals surface area contributed by atoms with Crippen LogP contribution in [0.4, 0.5) is 0 Å². The summed E-state index contributed by atoms with van der Waals surface area (Å²) < 4.78 is 2.00. The van der Waals surface area contributed by atoms with Crippen LogP contribution in [0.3, 0.4) is 0 Å². The maximum atomic E-state index is 9.94. The third kappa shape index (κ3) is 2.82. The number of aliphatic hydroxyl groups excluding tert-OH is 1. The summed E-state index contributed by atoms with van der Waals surface area (Å²) in [6.45, 7) is 1.95. The van der Waals surface area contributed by atoms with E-state index in [1.165, 1.54) is 0 Å². The zero-order chi connectivity index (χ0) is 17.4. The first-order chi connectivity index (χ1) is 12.2. The molecule has 1 aromatic heterocycles. The van der Waals surface area contributed by atoms with Crippen molar-refractivity contribution in [3.63, 3.8) is 0 Å². The van der Waals surface area contributed by atoms with Crippen molar-refractivity contribution in [1.29, 1.82) is 0 Å². The summed E-state index contributed by atoms with van der Waals surface area (Å²) in [5, 5.41) is 10.6. The van der Waals surface area contributed by atoms with Crippen LogP contribution in [0.2, 0.25) is 5.02 Å². The van der Waals surface area contributed by atoms with Gasteiger partial charge in [0.1, 0.15) is 6.33 Å². The summed E-state index contributed by atoms with van der Waals surface area (Å²) in [5.41, 5.74) is 6.61. The van der Waals surface area contributed by atoms with Gasteiger partial charge in [-0.25, -0.2) is 4.98 Å². The lowest BCUT2D eigenvalue weighted by molar-refractivity contribution is 0.283. The number of para-hydroxylation sites is 1. The summed E-state index contributed by atoms with van der Waals surface area (Å²) in [6, 6.07) is 20.0. The molecule has 124 valence electrons. The molecule has 0 amide bonds. The minimum Gasteiger partial charge on any atom is -0.392 e. The van der Waals surface area contributed by atoms with E-state index >= 15 is 0 Å². The molecule has 0 saturated carbocycles. The van der Waals surface area contributed by atoms with Crippen LogP contribution < -0.4 is 0 Å². The molecule has 0 aliphatic carbocycles. The molecule has 0 radical (unpaired) electrons. The Morgan fingerprint density at radius 1 is 1.04 bits per heavy atom. The average Bonchev–Trinajstić information content (AvgIpc) is 3.05. The second kappa shape index (κ2) is 6.36. The van der Waals surface area contributed by atoms with Crippen molar-refractivity contribution in [3.05, 3.63) is 83.1 Å². The van der Waals surface area contributed by atoms with Crippen molar-refractivity contribution in [2.24, 2.45) is 0 Å². The number of aromatic nitrogens is 2. The number of fused-ring (bicyclic) bond motifs is 1. The number of rotatable bonds is 3. The molecule has 0 spiro atoms. The monoisotopic (exact) mass is 348 g/mol. The molecule has 0 saturated heterocycles. The first-order valence-corrected chi connectivity index (χ1v) is 8.48. The number of imidazole rings is 1. The highest BCUT2D eigenvalue weighted by Gasteiger charge is 2.13. The Bertz CT molecular complexity index is 1050. The van der Waals surface area contributed by atoms with Gasteiger partial charge in [-0.1, -0.05) is 41.9 Å². The Hall–Kier alpha value is -2.62. The minimum atomic E-state index is -0.0631. The van der Waals surface area contributed by atoms with Gasteiger partial charge in [0.25, 0.3) is 0 Å². The van der Waals surface area contributed by atoms with Crippen LogP contribution >= 0.6 is 11.6 Å². The van der Waals surface area contributed by atoms with Crippen molar-refractivity contribution in [2.75, 3.05) is 0 Å². The van der Waals surface area contributed by atoms with Crippen LogP contribution in [0.15, 0.2) is 67.0 Å². The van der Waals surface area contributed by atoms with E-state index in [2.05, 4.69) is 4.98 Å². The fraction of sp³-hybridized carbons (Fsp3) is 0.0952. The predicted molar refractivity (Wildman–Crippen MR) is 102 cm³/mol. The van der Waals surface area contributed by atoms with Gasteiger partial charge in [-0.2, -0.15) is 0 Å². The van der Waals surface area contributed by atoms with Gasteiger partial charge in [-0.15, -0.1) is 0 Å². The molecule has 1 heterocycles. The SMILES string of the molecule is Cc1ccc(-c2cc(CO)c3c(c2)ncn3-c2ccccc2)c(Cl)c1. The number of benzene rings is 3. The lowest BCUT2D eigenvalue weighted by Crippen LogP contribution is -1.96. The van der Waals surface area contributed by atoms with Crippen molar-refractivity contribution < 1.29 is 5.11 Å². The van der Waals surface area contributed by atoms with Crippen LogP contribution in [-0.4, -0.2) is 14.7 Å². The van der Waals surface area contributed by atoms with Gasteiger partial charge in [0.05, 0.1) is 17.6 Å². The van der Waals surface area contributed by atoms with E-state index in [1.807, 2.05) is 72.2 Å². The van der Waals surface area contributed by atoms with E-state index in [9.17, 15) is 5.11 Å². The van der Waals surface area contributed by atoms with E-state index in [0.717, 1.165) is 39.0 Å². The van der Waals surface area contributed by atoms with Crippen molar-refractivity contribution in [2.45, 2.75) is 13.5 Å². The Labute approximate surface area is 151 Å². The molecule has 0 aliphatic heterocycles. The summed E-state index contributed by atoms with van der Waals surface area (Å²) in [6.07, 6.45) is 1.79. The topological polar surface area (TPSA) is 38.1 Å². The van der Waals surface area contributed by atoms with E-state index < -0.39 is 0 Å². The van der Waals surface area contributed by atoms with Gasteiger partial charge in [0, 0.05) is 21.8 Å². The highest BCUT2D eigenvalue weighted by Crippen LogP contribution is 2.33. The maximum absolute atomic E-state index is 9.94. The number of aryl methyl sites for hydroxylation is 1. The summed E-state index contributed by atoms with van der Waals surface area (Å²) in [5.74, 6) is 0. The largest absolute Gasteiger partial charge is 0.392 e. The zero-order valence-electron chi connectivity index (χ0n) is 13.8. The number of halogens is 1. The van der Waals surface area contributed by atoms with E-state index in [0.29, 0.717) is 5.02 Å². The third-order valence-electron chi connectivity index (χ3n) is 4.36. The predicted octanol–water partition coefficient (Wildman–Crippen LogP) is 5.15. The maximum Gasteiger partial charge on any atom is 0.100 e. The van der Waals surface area contributed by atoms with Crippen LogP contribution in [-0.2, 0) is 6.61 Å². The number of hydrogen-bond donors (Lipinski definition) is 1. The van der Waals surface area contributed by atoms with Gasteiger partial charge < -0.3 is 5.11 Å². The molecule has 4 aromatic rings. The molecular weight excluding hydrogens is 332 g/mol. The Morgan fingerprint density at radius 3 is 2.56 bits per heavy atom. The summed E-state index contributed by atoms with van der Waals surface area (Å²) in [7, 11) is 0. The third-order valence-corrected chi connectivity index (χ3v) is 4.67. The fourth-order valence-electron chi connectivity index (χ4n) is 3.15. The average molecular weight is 349 g/mol. The normalized spacial score (nSPS) is 11.2. The van der Waals surface area contributed by atoms with Crippen molar-refractivity contribution >= 4 is 22.6 Å². The highest BCUT2D eigenvalue weighted by atomic mass is 35.5. The number of nitrogens with zero attached hydrogens (tertiary/aromatic N) is 2. The highest BCUT2D eigenvalue weighted by molar-refractivity contribution is 6.33. The molecule has 0 aliphatic rings. The lowest BCUT2D eigenvalue weighted by Gasteiger charge is -2.11.